The van der Waals surface area contributed by atoms with E-state index in [1.54, 1.807) is 11.1 Å². The first kappa shape index (κ1) is 9.70. The third-order valence-corrected chi connectivity index (χ3v) is 2.30. The van der Waals surface area contributed by atoms with Crippen molar-refractivity contribution >= 4 is 17.6 Å². The number of aliphatic carboxylic acids is 1. The van der Waals surface area contributed by atoms with Gasteiger partial charge in [-0.15, -0.1) is 0 Å². The molecule has 0 amide bonds. The van der Waals surface area contributed by atoms with E-state index < -0.39 is 5.97 Å². The second-order valence-electron chi connectivity index (χ2n) is 3.41. The summed E-state index contributed by atoms with van der Waals surface area (Å²) >= 11 is 0. The number of rotatable bonds is 1. The number of nitrogens with zero attached hydrogens (tertiary/aromatic N) is 3. The van der Waals surface area contributed by atoms with Crippen molar-refractivity contribution in [2.75, 3.05) is 20.7 Å². The number of hydrazone groups is 1. The average molecular weight is 209 g/mol. The molecule has 0 spiro atoms. The number of carboxylic acid groups (broad SMARTS) is 1. The molecule has 0 aromatic carbocycles. The lowest BCUT2D eigenvalue weighted by atomic mass is 10.0. The molecule has 2 rings (SSSR count). The molecule has 0 aliphatic carbocycles. The Balaban J connectivity index is 2.38. The maximum absolute atomic E-state index is 10.8. The molecule has 1 unspecified atom stereocenters. The van der Waals surface area contributed by atoms with Crippen molar-refractivity contribution in [3.8, 4) is 0 Å². The Labute approximate surface area is 86.5 Å². The molecule has 2 heterocycles. The number of hydrogen-bond acceptors (Lipinski definition) is 5. The molecule has 0 bridgehead atoms. The quantitative estimate of drug-likeness (QED) is 0.656. The number of fused-ring (bicyclic) bond motifs is 1. The molecular weight excluding hydrogens is 198 g/mol. The summed E-state index contributed by atoms with van der Waals surface area (Å²) in [6, 6.07) is 0. The van der Waals surface area contributed by atoms with Crippen molar-refractivity contribution in [3.63, 3.8) is 0 Å². The standard InChI is InChI=1S/C9H11N3O3/c1-12-4-5-3-6(9(13)14)10-8(15-2)7(5)11-12/h3,5H,4H2,1-2H3,(H,13,14). The zero-order valence-corrected chi connectivity index (χ0v) is 8.47. The number of ether oxygens (including phenoxy) is 1. The molecule has 2 aliphatic heterocycles. The predicted molar refractivity (Wildman–Crippen MR) is 53.7 cm³/mol. The van der Waals surface area contributed by atoms with Crippen molar-refractivity contribution < 1.29 is 14.6 Å². The second-order valence-corrected chi connectivity index (χ2v) is 3.41. The summed E-state index contributed by atoms with van der Waals surface area (Å²) in [5.74, 6) is -0.782. The molecule has 0 aromatic rings. The van der Waals surface area contributed by atoms with E-state index in [1.165, 1.54) is 7.11 Å². The van der Waals surface area contributed by atoms with Gasteiger partial charge in [-0.3, -0.25) is 5.01 Å². The van der Waals surface area contributed by atoms with Crippen molar-refractivity contribution in [2.24, 2.45) is 16.0 Å². The number of aliphatic imine (C=N–C) groups is 1. The first-order chi connectivity index (χ1) is 7.11. The summed E-state index contributed by atoms with van der Waals surface area (Å²) in [6.45, 7) is 0.661. The van der Waals surface area contributed by atoms with E-state index in [0.29, 0.717) is 18.2 Å². The number of carbonyl (C=O) groups is 1. The number of methoxy groups -OCH3 is 1. The fraction of sp³-hybridized carbons (Fsp3) is 0.444. The summed E-state index contributed by atoms with van der Waals surface area (Å²) in [7, 11) is 3.29. The van der Waals surface area contributed by atoms with Gasteiger partial charge in [0.05, 0.1) is 7.11 Å². The summed E-state index contributed by atoms with van der Waals surface area (Å²) in [5, 5.41) is 14.8. The van der Waals surface area contributed by atoms with Crippen molar-refractivity contribution in [1.29, 1.82) is 0 Å². The number of carboxylic acids is 1. The Bertz CT molecular complexity index is 397. The summed E-state index contributed by atoms with van der Waals surface area (Å²) in [5.41, 5.74) is 0.719. The zero-order valence-electron chi connectivity index (χ0n) is 8.47. The van der Waals surface area contributed by atoms with E-state index in [2.05, 4.69) is 10.1 Å². The third-order valence-electron chi connectivity index (χ3n) is 2.30. The Morgan fingerprint density at radius 2 is 2.47 bits per heavy atom. The van der Waals surface area contributed by atoms with Crippen LogP contribution in [0.15, 0.2) is 21.9 Å². The van der Waals surface area contributed by atoms with Crippen LogP contribution in [0.1, 0.15) is 0 Å². The van der Waals surface area contributed by atoms with Gasteiger partial charge in [-0.05, 0) is 6.08 Å². The first-order valence-electron chi connectivity index (χ1n) is 4.49. The van der Waals surface area contributed by atoms with E-state index in [9.17, 15) is 4.79 Å². The molecule has 0 radical (unpaired) electrons. The van der Waals surface area contributed by atoms with E-state index in [4.69, 9.17) is 9.84 Å². The fourth-order valence-electron chi connectivity index (χ4n) is 1.67. The molecule has 0 aromatic heterocycles. The molecule has 15 heavy (non-hydrogen) atoms. The van der Waals surface area contributed by atoms with Gasteiger partial charge in [-0.25, -0.2) is 9.79 Å². The van der Waals surface area contributed by atoms with E-state index in [-0.39, 0.29) is 11.6 Å². The number of hydrogen-bond donors (Lipinski definition) is 1. The summed E-state index contributed by atoms with van der Waals surface area (Å²) in [6.07, 6.45) is 1.60. The molecule has 2 aliphatic rings. The van der Waals surface area contributed by atoms with E-state index in [1.807, 2.05) is 7.05 Å². The third kappa shape index (κ3) is 1.58. The second kappa shape index (κ2) is 3.38. The molecule has 0 saturated heterocycles. The van der Waals surface area contributed by atoms with Gasteiger partial charge >= 0.3 is 5.97 Å². The van der Waals surface area contributed by atoms with Crippen LogP contribution >= 0.6 is 0 Å². The van der Waals surface area contributed by atoms with Gasteiger partial charge in [0.1, 0.15) is 11.4 Å². The zero-order chi connectivity index (χ0) is 11.0. The fourth-order valence-corrected chi connectivity index (χ4v) is 1.67. The summed E-state index contributed by atoms with van der Waals surface area (Å²) in [4.78, 5) is 14.7. The minimum absolute atomic E-state index is 0.0195. The molecule has 0 saturated carbocycles. The Morgan fingerprint density at radius 1 is 1.73 bits per heavy atom. The summed E-state index contributed by atoms with van der Waals surface area (Å²) < 4.78 is 5.02. The SMILES string of the molecule is COC1=NC(C(=O)O)=CC2CN(C)N=C12. The monoisotopic (exact) mass is 209 g/mol. The smallest absolute Gasteiger partial charge is 0.354 e. The van der Waals surface area contributed by atoms with Crippen molar-refractivity contribution in [1.82, 2.24) is 5.01 Å². The van der Waals surface area contributed by atoms with Gasteiger partial charge in [0.2, 0.25) is 5.90 Å². The molecule has 6 heteroatoms. The van der Waals surface area contributed by atoms with Crippen LogP contribution in [-0.2, 0) is 9.53 Å². The molecule has 1 N–H and O–H groups in total. The molecule has 80 valence electrons. The highest BCUT2D eigenvalue weighted by atomic mass is 16.5. The van der Waals surface area contributed by atoms with Crippen LogP contribution in [0.2, 0.25) is 0 Å². The van der Waals surface area contributed by atoms with Crippen molar-refractivity contribution in [2.45, 2.75) is 0 Å². The minimum Gasteiger partial charge on any atom is -0.480 e. The highest BCUT2D eigenvalue weighted by molar-refractivity contribution is 6.41. The van der Waals surface area contributed by atoms with Crippen molar-refractivity contribution in [3.05, 3.63) is 11.8 Å². The van der Waals surface area contributed by atoms with Gasteiger partial charge in [-0.2, -0.15) is 5.10 Å². The minimum atomic E-state index is -1.04. The molecule has 6 nitrogen and oxygen atoms in total. The normalized spacial score (nSPS) is 24.0. The average Bonchev–Trinajstić information content (AvgIpc) is 2.56. The van der Waals surface area contributed by atoms with Gasteiger partial charge < -0.3 is 9.84 Å². The van der Waals surface area contributed by atoms with Gasteiger partial charge in [-0.1, -0.05) is 0 Å². The Kier molecular flexibility index (Phi) is 2.18. The maximum atomic E-state index is 10.8. The Morgan fingerprint density at radius 3 is 3.07 bits per heavy atom. The van der Waals surface area contributed by atoms with Crippen LogP contribution in [0.3, 0.4) is 0 Å². The molecule has 0 fully saturated rings. The van der Waals surface area contributed by atoms with Crippen LogP contribution in [0.4, 0.5) is 0 Å². The van der Waals surface area contributed by atoms with E-state index in [0.717, 1.165) is 0 Å². The lowest BCUT2D eigenvalue weighted by Gasteiger charge is -2.14. The van der Waals surface area contributed by atoms with Gasteiger partial charge in [0.15, 0.2) is 0 Å². The lowest BCUT2D eigenvalue weighted by molar-refractivity contribution is -0.132. The largest absolute Gasteiger partial charge is 0.480 e. The molecule has 1 atom stereocenters. The van der Waals surface area contributed by atoms with Crippen LogP contribution < -0.4 is 0 Å². The van der Waals surface area contributed by atoms with Crippen LogP contribution in [0.5, 0.6) is 0 Å². The Hall–Kier alpha value is -1.85. The predicted octanol–water partition coefficient (Wildman–Crippen LogP) is -0.0690. The van der Waals surface area contributed by atoms with E-state index >= 15 is 0 Å². The highest BCUT2D eigenvalue weighted by Gasteiger charge is 2.32. The lowest BCUT2D eigenvalue weighted by Crippen LogP contribution is -2.28. The van der Waals surface area contributed by atoms with Gasteiger partial charge in [0.25, 0.3) is 0 Å². The van der Waals surface area contributed by atoms with Gasteiger partial charge in [0, 0.05) is 19.5 Å². The molecular formula is C9H11N3O3. The first-order valence-corrected chi connectivity index (χ1v) is 4.49. The maximum Gasteiger partial charge on any atom is 0.354 e. The van der Waals surface area contributed by atoms with Crippen LogP contribution in [0.25, 0.3) is 0 Å². The topological polar surface area (TPSA) is 74.5 Å². The van der Waals surface area contributed by atoms with Crippen LogP contribution in [0, 0.1) is 5.92 Å². The van der Waals surface area contributed by atoms with Crippen LogP contribution in [-0.4, -0.2) is 48.4 Å². The highest BCUT2D eigenvalue weighted by Crippen LogP contribution is 2.22.